The van der Waals surface area contributed by atoms with Gasteiger partial charge in [-0.2, -0.15) is 0 Å². The first-order chi connectivity index (χ1) is 10.0. The Kier molecular flexibility index (Phi) is 7.02. The highest BCUT2D eigenvalue weighted by Crippen LogP contribution is 2.30. The van der Waals surface area contributed by atoms with Gasteiger partial charge >= 0.3 is 5.97 Å². The van der Waals surface area contributed by atoms with Crippen LogP contribution in [-0.4, -0.2) is 30.3 Å². The van der Waals surface area contributed by atoms with E-state index in [2.05, 4.69) is 5.32 Å². The molecule has 0 fully saturated rings. The number of ether oxygens (including phenoxy) is 2. The zero-order valence-electron chi connectivity index (χ0n) is 13.2. The highest BCUT2D eigenvalue weighted by atomic mass is 16.5. The fraction of sp³-hybridized carbons (Fsp3) is 0.562. The van der Waals surface area contributed by atoms with E-state index in [1.165, 1.54) is 6.07 Å². The molecule has 0 saturated heterocycles. The van der Waals surface area contributed by atoms with Crippen LogP contribution in [0.4, 0.5) is 0 Å². The summed E-state index contributed by atoms with van der Waals surface area (Å²) in [6, 6.07) is 4.51. The number of hydrogen-bond donors (Lipinski definition) is 2. The maximum Gasteiger partial charge on any atom is 0.327 e. The predicted octanol–water partition coefficient (Wildman–Crippen LogP) is 2.78. The molecule has 21 heavy (non-hydrogen) atoms. The van der Waals surface area contributed by atoms with Crippen LogP contribution in [0.2, 0.25) is 0 Å². The van der Waals surface area contributed by atoms with Crippen LogP contribution in [0.3, 0.4) is 0 Å². The van der Waals surface area contributed by atoms with Gasteiger partial charge < -0.3 is 14.6 Å². The van der Waals surface area contributed by atoms with E-state index in [9.17, 15) is 9.90 Å². The summed E-state index contributed by atoms with van der Waals surface area (Å²) in [5.74, 6) is 0.105. The van der Waals surface area contributed by atoms with Crippen LogP contribution >= 0.6 is 0 Å². The van der Waals surface area contributed by atoms with Crippen LogP contribution in [0.1, 0.15) is 45.7 Å². The fourth-order valence-corrected chi connectivity index (χ4v) is 1.91. The van der Waals surface area contributed by atoms with E-state index in [4.69, 9.17) is 9.47 Å². The summed E-state index contributed by atoms with van der Waals surface area (Å²) in [5.41, 5.74) is 0.718. The molecule has 0 aromatic heterocycles. The summed E-state index contributed by atoms with van der Waals surface area (Å²) in [5, 5.41) is 13.0. The number of esters is 1. The Balaban J connectivity index is 3.06. The second-order valence-electron chi connectivity index (χ2n) is 4.82. The molecule has 2 unspecified atom stereocenters. The zero-order chi connectivity index (χ0) is 15.8. The lowest BCUT2D eigenvalue weighted by Crippen LogP contribution is -2.36. The van der Waals surface area contributed by atoms with Gasteiger partial charge in [0.2, 0.25) is 0 Å². The summed E-state index contributed by atoms with van der Waals surface area (Å²) < 4.78 is 10.5. The van der Waals surface area contributed by atoms with Crippen molar-refractivity contribution in [1.29, 1.82) is 0 Å². The molecule has 0 amide bonds. The Morgan fingerprint density at radius 1 is 1.29 bits per heavy atom. The topological polar surface area (TPSA) is 67.8 Å². The molecule has 0 bridgehead atoms. The van der Waals surface area contributed by atoms with E-state index < -0.39 is 6.04 Å². The van der Waals surface area contributed by atoms with Crippen molar-refractivity contribution in [2.75, 3.05) is 13.2 Å². The normalized spacial score (nSPS) is 13.5. The van der Waals surface area contributed by atoms with Crippen molar-refractivity contribution in [3.63, 3.8) is 0 Å². The molecule has 1 rings (SSSR count). The van der Waals surface area contributed by atoms with Gasteiger partial charge in [0.25, 0.3) is 0 Å². The standard InChI is InChI=1S/C16H25NO4/c1-5-11(4)17-15(16(19)21-7-3)12-8-9-13(18)14(10-12)20-6-2/h8-11,15,17-18H,5-7H2,1-4H3. The van der Waals surface area contributed by atoms with Crippen LogP contribution < -0.4 is 10.1 Å². The van der Waals surface area contributed by atoms with Crippen LogP contribution in [0.25, 0.3) is 0 Å². The first-order valence-corrected chi connectivity index (χ1v) is 7.41. The van der Waals surface area contributed by atoms with Crippen LogP contribution in [0, 0.1) is 0 Å². The second-order valence-corrected chi connectivity index (χ2v) is 4.82. The minimum atomic E-state index is -0.570. The van der Waals surface area contributed by atoms with E-state index in [0.29, 0.717) is 19.0 Å². The highest BCUT2D eigenvalue weighted by molar-refractivity contribution is 5.78. The fourth-order valence-electron chi connectivity index (χ4n) is 1.91. The summed E-state index contributed by atoms with van der Waals surface area (Å²) in [4.78, 5) is 12.2. The van der Waals surface area contributed by atoms with E-state index in [1.807, 2.05) is 20.8 Å². The number of phenols is 1. The first kappa shape index (κ1) is 17.3. The summed E-state index contributed by atoms with van der Waals surface area (Å²) >= 11 is 0. The maximum atomic E-state index is 12.2. The van der Waals surface area contributed by atoms with E-state index in [-0.39, 0.29) is 17.8 Å². The van der Waals surface area contributed by atoms with Gasteiger partial charge in [-0.1, -0.05) is 13.0 Å². The molecule has 5 heteroatoms. The lowest BCUT2D eigenvalue weighted by atomic mass is 10.0. The van der Waals surface area contributed by atoms with E-state index >= 15 is 0 Å². The lowest BCUT2D eigenvalue weighted by Gasteiger charge is -2.22. The SMILES string of the molecule is CCOC(=O)C(NC(C)CC)c1ccc(O)c(OCC)c1. The van der Waals surface area contributed by atoms with Crippen LogP contribution in [0.15, 0.2) is 18.2 Å². The molecule has 2 atom stereocenters. The van der Waals surface area contributed by atoms with Crippen molar-refractivity contribution in [1.82, 2.24) is 5.32 Å². The average Bonchev–Trinajstić information content (AvgIpc) is 2.47. The first-order valence-electron chi connectivity index (χ1n) is 7.41. The van der Waals surface area contributed by atoms with Gasteiger partial charge in [-0.05, 0) is 44.9 Å². The average molecular weight is 295 g/mol. The Hall–Kier alpha value is -1.75. The number of carbonyl (C=O) groups is 1. The number of carbonyl (C=O) groups excluding carboxylic acids is 1. The highest BCUT2D eigenvalue weighted by Gasteiger charge is 2.24. The van der Waals surface area contributed by atoms with Gasteiger partial charge in [0.15, 0.2) is 11.5 Å². The van der Waals surface area contributed by atoms with Crippen LogP contribution in [-0.2, 0) is 9.53 Å². The van der Waals surface area contributed by atoms with E-state index in [1.54, 1.807) is 19.1 Å². The van der Waals surface area contributed by atoms with Gasteiger partial charge in [0.1, 0.15) is 6.04 Å². The number of rotatable bonds is 8. The summed E-state index contributed by atoms with van der Waals surface area (Å²) in [6.07, 6.45) is 0.895. The van der Waals surface area contributed by atoms with Crippen molar-refractivity contribution in [3.05, 3.63) is 23.8 Å². The molecule has 2 N–H and O–H groups in total. The quantitative estimate of drug-likeness (QED) is 0.722. The molecule has 0 radical (unpaired) electrons. The van der Waals surface area contributed by atoms with Gasteiger partial charge in [0, 0.05) is 6.04 Å². The van der Waals surface area contributed by atoms with Crippen LogP contribution in [0.5, 0.6) is 11.5 Å². The van der Waals surface area contributed by atoms with Crippen molar-refractivity contribution in [2.45, 2.75) is 46.2 Å². The lowest BCUT2D eigenvalue weighted by molar-refractivity contribution is -0.146. The largest absolute Gasteiger partial charge is 0.504 e. The Labute approximate surface area is 126 Å². The summed E-state index contributed by atoms with van der Waals surface area (Å²) in [7, 11) is 0. The van der Waals surface area contributed by atoms with Gasteiger partial charge in [0.05, 0.1) is 13.2 Å². The molecule has 0 aliphatic heterocycles. The number of aromatic hydroxyl groups is 1. The summed E-state index contributed by atoms with van der Waals surface area (Å²) in [6.45, 7) is 8.44. The molecule has 0 aliphatic carbocycles. The Morgan fingerprint density at radius 2 is 2.00 bits per heavy atom. The van der Waals surface area contributed by atoms with Gasteiger partial charge in [-0.3, -0.25) is 5.32 Å². The third kappa shape index (κ3) is 4.93. The number of hydrogen-bond acceptors (Lipinski definition) is 5. The molecular formula is C16H25NO4. The Bertz CT molecular complexity index is 462. The van der Waals surface area contributed by atoms with Gasteiger partial charge in [-0.25, -0.2) is 4.79 Å². The second kappa shape index (κ2) is 8.52. The zero-order valence-corrected chi connectivity index (χ0v) is 13.2. The van der Waals surface area contributed by atoms with Crippen molar-refractivity contribution in [3.8, 4) is 11.5 Å². The molecule has 5 nitrogen and oxygen atoms in total. The molecule has 118 valence electrons. The molecule has 1 aromatic carbocycles. The van der Waals surface area contributed by atoms with Crippen molar-refractivity contribution < 1.29 is 19.4 Å². The minimum absolute atomic E-state index is 0.0618. The minimum Gasteiger partial charge on any atom is -0.504 e. The Morgan fingerprint density at radius 3 is 2.57 bits per heavy atom. The third-order valence-corrected chi connectivity index (χ3v) is 3.20. The number of benzene rings is 1. The molecule has 1 aromatic rings. The molecule has 0 spiro atoms. The van der Waals surface area contributed by atoms with Crippen molar-refractivity contribution >= 4 is 5.97 Å². The number of phenolic OH excluding ortho intramolecular Hbond substituents is 1. The maximum absolute atomic E-state index is 12.2. The molecule has 0 heterocycles. The van der Waals surface area contributed by atoms with Crippen molar-refractivity contribution in [2.24, 2.45) is 0 Å². The molecule has 0 saturated carbocycles. The molecular weight excluding hydrogens is 270 g/mol. The number of nitrogens with one attached hydrogen (secondary N) is 1. The van der Waals surface area contributed by atoms with Gasteiger partial charge in [-0.15, -0.1) is 0 Å². The monoisotopic (exact) mass is 295 g/mol. The smallest absolute Gasteiger partial charge is 0.327 e. The third-order valence-electron chi connectivity index (χ3n) is 3.20. The predicted molar refractivity (Wildman–Crippen MR) is 81.5 cm³/mol. The molecule has 0 aliphatic rings. The van der Waals surface area contributed by atoms with E-state index in [0.717, 1.165) is 12.0 Å².